The molecular weight excluding hydrogens is 285 g/mol. The molecule has 7 heteroatoms. The van der Waals surface area contributed by atoms with Crippen LogP contribution in [0.5, 0.6) is 0 Å². The quantitative estimate of drug-likeness (QED) is 0.865. The fourth-order valence-electron chi connectivity index (χ4n) is 1.82. The Morgan fingerprint density at radius 2 is 2.00 bits per heavy atom. The molecular formula is C14H11F3N2O2. The zero-order valence-corrected chi connectivity index (χ0v) is 10.9. The van der Waals surface area contributed by atoms with E-state index >= 15 is 0 Å². The number of anilines is 1. The minimum Gasteiger partial charge on any atom is -0.465 e. The summed E-state index contributed by atoms with van der Waals surface area (Å²) in [5.74, 6) is -0.720. The number of rotatable bonds is 2. The molecule has 0 saturated carbocycles. The van der Waals surface area contributed by atoms with Gasteiger partial charge in [0, 0.05) is 5.56 Å². The van der Waals surface area contributed by atoms with Crippen LogP contribution >= 0.6 is 0 Å². The van der Waals surface area contributed by atoms with Crippen LogP contribution in [0.2, 0.25) is 0 Å². The molecule has 0 aliphatic rings. The second-order valence-corrected chi connectivity index (χ2v) is 4.23. The molecule has 1 aromatic heterocycles. The van der Waals surface area contributed by atoms with Gasteiger partial charge in [0.1, 0.15) is 0 Å². The summed E-state index contributed by atoms with van der Waals surface area (Å²) in [5, 5.41) is 0. The maximum absolute atomic E-state index is 12.7. The molecule has 0 amide bonds. The fraction of sp³-hybridized carbons (Fsp3) is 0.143. The van der Waals surface area contributed by atoms with E-state index in [1.165, 1.54) is 31.5 Å². The zero-order valence-electron chi connectivity index (χ0n) is 10.9. The van der Waals surface area contributed by atoms with Crippen LogP contribution < -0.4 is 5.73 Å². The smallest absolute Gasteiger partial charge is 0.416 e. The Morgan fingerprint density at radius 1 is 1.29 bits per heavy atom. The number of carbonyl (C=O) groups excluding carboxylic acids is 1. The summed E-state index contributed by atoms with van der Waals surface area (Å²) in [6, 6.07) is 5.86. The molecule has 110 valence electrons. The fourth-order valence-corrected chi connectivity index (χ4v) is 1.82. The van der Waals surface area contributed by atoms with Crippen LogP contribution in [0.25, 0.3) is 11.3 Å². The maximum Gasteiger partial charge on any atom is 0.416 e. The molecule has 0 fully saturated rings. The number of carbonyl (C=O) groups is 1. The van der Waals surface area contributed by atoms with E-state index in [4.69, 9.17) is 5.73 Å². The monoisotopic (exact) mass is 296 g/mol. The summed E-state index contributed by atoms with van der Waals surface area (Å²) in [4.78, 5) is 15.6. The highest BCUT2D eigenvalue weighted by atomic mass is 19.4. The predicted molar refractivity (Wildman–Crippen MR) is 70.4 cm³/mol. The lowest BCUT2D eigenvalue weighted by molar-refractivity contribution is -0.137. The summed E-state index contributed by atoms with van der Waals surface area (Å²) < 4.78 is 42.8. The van der Waals surface area contributed by atoms with Gasteiger partial charge >= 0.3 is 12.1 Å². The Labute approximate surface area is 118 Å². The molecule has 2 N–H and O–H groups in total. The maximum atomic E-state index is 12.7. The predicted octanol–water partition coefficient (Wildman–Crippen LogP) is 3.14. The van der Waals surface area contributed by atoms with Gasteiger partial charge in [-0.05, 0) is 18.2 Å². The lowest BCUT2D eigenvalue weighted by Gasteiger charge is -2.11. The first-order chi connectivity index (χ1) is 9.82. The Hall–Kier alpha value is -2.57. The summed E-state index contributed by atoms with van der Waals surface area (Å²) in [6.07, 6.45) is -3.21. The average molecular weight is 296 g/mol. The molecule has 4 nitrogen and oxygen atoms in total. The third-order valence-corrected chi connectivity index (χ3v) is 2.78. The van der Waals surface area contributed by atoms with Crippen LogP contribution in [0.15, 0.2) is 36.5 Å². The van der Waals surface area contributed by atoms with E-state index in [0.29, 0.717) is 0 Å². The summed E-state index contributed by atoms with van der Waals surface area (Å²) >= 11 is 0. The third kappa shape index (κ3) is 3.13. The molecule has 1 aromatic carbocycles. The highest BCUT2D eigenvalue weighted by Crippen LogP contribution is 2.32. The number of hydrogen-bond donors (Lipinski definition) is 1. The largest absolute Gasteiger partial charge is 0.465 e. The molecule has 0 atom stereocenters. The first-order valence-corrected chi connectivity index (χ1v) is 5.84. The number of benzene rings is 1. The van der Waals surface area contributed by atoms with Gasteiger partial charge < -0.3 is 10.5 Å². The minimum absolute atomic E-state index is 0.0109. The van der Waals surface area contributed by atoms with E-state index in [-0.39, 0.29) is 22.5 Å². The van der Waals surface area contributed by atoms with Crippen molar-refractivity contribution in [1.29, 1.82) is 0 Å². The lowest BCUT2D eigenvalue weighted by atomic mass is 10.0. The lowest BCUT2D eigenvalue weighted by Crippen LogP contribution is -2.08. The van der Waals surface area contributed by atoms with Crippen molar-refractivity contribution < 1.29 is 22.7 Å². The molecule has 0 bridgehead atoms. The number of aromatic nitrogens is 1. The average Bonchev–Trinajstić information content (AvgIpc) is 2.45. The summed E-state index contributed by atoms with van der Waals surface area (Å²) in [5.41, 5.74) is 5.19. The second-order valence-electron chi connectivity index (χ2n) is 4.23. The van der Waals surface area contributed by atoms with E-state index < -0.39 is 17.7 Å². The van der Waals surface area contributed by atoms with E-state index in [1.807, 2.05) is 0 Å². The van der Waals surface area contributed by atoms with Crippen molar-refractivity contribution in [3.8, 4) is 11.3 Å². The molecule has 2 rings (SSSR count). The summed E-state index contributed by atoms with van der Waals surface area (Å²) in [7, 11) is 1.17. The Kier molecular flexibility index (Phi) is 3.84. The Balaban J connectivity index is 2.59. The van der Waals surface area contributed by atoms with Crippen molar-refractivity contribution in [2.75, 3.05) is 12.8 Å². The number of nitrogens with two attached hydrogens (primary N) is 1. The molecule has 2 aromatic rings. The number of alkyl halides is 3. The number of ether oxygens (including phenoxy) is 1. The molecule has 0 aliphatic heterocycles. The normalized spacial score (nSPS) is 11.2. The Bertz CT molecular complexity index is 684. The van der Waals surface area contributed by atoms with Crippen molar-refractivity contribution in [3.05, 3.63) is 47.7 Å². The first kappa shape index (κ1) is 14.8. The van der Waals surface area contributed by atoms with E-state index in [0.717, 1.165) is 12.1 Å². The standard InChI is InChI=1S/C14H11F3N2O2/c1-21-13(20)11-6-10(18)7-19-12(11)8-3-2-4-9(5-8)14(15,16)17/h2-7H,18H2,1H3. The van der Waals surface area contributed by atoms with Gasteiger partial charge in [0.15, 0.2) is 0 Å². The van der Waals surface area contributed by atoms with Gasteiger partial charge in [-0.1, -0.05) is 12.1 Å². The van der Waals surface area contributed by atoms with Crippen molar-refractivity contribution in [1.82, 2.24) is 4.98 Å². The highest BCUT2D eigenvalue weighted by molar-refractivity contribution is 5.97. The number of hydrogen-bond acceptors (Lipinski definition) is 4. The van der Waals surface area contributed by atoms with Gasteiger partial charge in [-0.2, -0.15) is 13.2 Å². The first-order valence-electron chi connectivity index (χ1n) is 5.84. The van der Waals surface area contributed by atoms with E-state index in [2.05, 4.69) is 9.72 Å². The van der Waals surface area contributed by atoms with Gasteiger partial charge in [0.05, 0.1) is 35.8 Å². The molecule has 0 aliphatic carbocycles. The molecule has 21 heavy (non-hydrogen) atoms. The van der Waals surface area contributed by atoms with Crippen LogP contribution in [-0.4, -0.2) is 18.1 Å². The topological polar surface area (TPSA) is 65.2 Å². The number of halogens is 3. The molecule has 0 spiro atoms. The van der Waals surface area contributed by atoms with E-state index in [1.54, 1.807) is 0 Å². The third-order valence-electron chi connectivity index (χ3n) is 2.78. The second kappa shape index (κ2) is 5.43. The van der Waals surface area contributed by atoms with Crippen LogP contribution in [0, 0.1) is 0 Å². The molecule has 1 heterocycles. The van der Waals surface area contributed by atoms with Gasteiger partial charge in [-0.15, -0.1) is 0 Å². The van der Waals surface area contributed by atoms with Crippen LogP contribution in [-0.2, 0) is 10.9 Å². The molecule has 0 unspecified atom stereocenters. The number of nitrogens with zero attached hydrogens (tertiary/aromatic N) is 1. The summed E-state index contributed by atoms with van der Waals surface area (Å²) in [6.45, 7) is 0. The minimum atomic E-state index is -4.48. The van der Waals surface area contributed by atoms with Gasteiger partial charge in [-0.3, -0.25) is 4.98 Å². The molecule has 0 saturated heterocycles. The Morgan fingerprint density at radius 3 is 2.62 bits per heavy atom. The van der Waals surface area contributed by atoms with Crippen molar-refractivity contribution >= 4 is 11.7 Å². The van der Waals surface area contributed by atoms with Crippen molar-refractivity contribution in [3.63, 3.8) is 0 Å². The highest BCUT2D eigenvalue weighted by Gasteiger charge is 2.30. The number of nitrogen functional groups attached to an aromatic ring is 1. The van der Waals surface area contributed by atoms with Gasteiger partial charge in [0.2, 0.25) is 0 Å². The van der Waals surface area contributed by atoms with Crippen molar-refractivity contribution in [2.45, 2.75) is 6.18 Å². The van der Waals surface area contributed by atoms with E-state index in [9.17, 15) is 18.0 Å². The number of methoxy groups -OCH3 is 1. The van der Waals surface area contributed by atoms with Gasteiger partial charge in [-0.25, -0.2) is 4.79 Å². The zero-order chi connectivity index (χ0) is 15.6. The number of pyridine rings is 1. The molecule has 0 radical (unpaired) electrons. The van der Waals surface area contributed by atoms with Crippen molar-refractivity contribution in [2.24, 2.45) is 0 Å². The van der Waals surface area contributed by atoms with Crippen LogP contribution in [0.3, 0.4) is 0 Å². The number of esters is 1. The van der Waals surface area contributed by atoms with Gasteiger partial charge in [0.25, 0.3) is 0 Å². The van der Waals surface area contributed by atoms with Crippen LogP contribution in [0.1, 0.15) is 15.9 Å². The van der Waals surface area contributed by atoms with Crippen LogP contribution in [0.4, 0.5) is 18.9 Å². The SMILES string of the molecule is COC(=O)c1cc(N)cnc1-c1cccc(C(F)(F)F)c1.